The van der Waals surface area contributed by atoms with Gasteiger partial charge in [0.05, 0.1) is 18.5 Å². The van der Waals surface area contributed by atoms with Crippen LogP contribution in [-0.2, 0) is 86.3 Å². The van der Waals surface area contributed by atoms with Crippen molar-refractivity contribution in [2.24, 2.45) is 28.1 Å². The number of para-hydroxylation sites is 1. The third-order valence-corrected chi connectivity index (χ3v) is 15.4. The van der Waals surface area contributed by atoms with E-state index in [2.05, 4.69) is 67.9 Å². The van der Waals surface area contributed by atoms with Gasteiger partial charge in [0.2, 0.25) is 53.2 Å². The summed E-state index contributed by atoms with van der Waals surface area (Å²) >= 11 is 0. The minimum absolute atomic E-state index is 0.0248. The number of amides is 12. The molecule has 10 atom stereocenters. The van der Waals surface area contributed by atoms with Gasteiger partial charge in [0.1, 0.15) is 72.8 Å². The van der Waals surface area contributed by atoms with E-state index in [-0.39, 0.29) is 94.4 Å². The number of nitrogens with one attached hydrogen (secondary N) is 12. The number of phenolic OH excluding ortho intramolecular Hbond substituents is 1. The van der Waals surface area contributed by atoms with Crippen molar-refractivity contribution in [1.82, 2.24) is 73.2 Å². The largest absolute Gasteiger partial charge is 0.508 e. The summed E-state index contributed by atoms with van der Waals surface area (Å²) in [7, 11) is 0. The molecule has 36 heteroatoms. The number of ether oxygens (including phenoxy) is 2. The quantitative estimate of drug-likeness (QED) is 0.00739. The van der Waals surface area contributed by atoms with Crippen molar-refractivity contribution in [3.63, 3.8) is 0 Å². The first-order valence-corrected chi connectivity index (χ1v) is 32.3. The van der Waals surface area contributed by atoms with Crippen molar-refractivity contribution in [2.75, 3.05) is 26.3 Å². The number of hydrazine groups is 1. The van der Waals surface area contributed by atoms with Gasteiger partial charge in [0.25, 0.3) is 11.9 Å². The van der Waals surface area contributed by atoms with E-state index in [4.69, 9.17) is 36.6 Å². The van der Waals surface area contributed by atoms with Gasteiger partial charge in [-0.3, -0.25) is 63.2 Å². The molecule has 21 N–H and O–H groups in total. The number of urea groups is 1. The maximum Gasteiger partial charge on any atom is 0.334 e. The number of aromatic amines is 2. The number of H-pyrrole nitrogens is 2. The number of imidazole rings is 1. The zero-order chi connectivity index (χ0) is 74.0. The van der Waals surface area contributed by atoms with E-state index in [0.29, 0.717) is 34.1 Å². The molecule has 12 amide bonds. The Labute approximate surface area is 575 Å². The zero-order valence-electron chi connectivity index (χ0n) is 56.6. The molecule has 100 heavy (non-hydrogen) atoms. The van der Waals surface area contributed by atoms with E-state index in [1.165, 1.54) is 41.7 Å². The van der Waals surface area contributed by atoms with E-state index < -0.39 is 150 Å². The van der Waals surface area contributed by atoms with Gasteiger partial charge in [-0.2, -0.15) is 0 Å². The standard InChI is InChI=1S/C62H88N18O16.C2H4O2/c1-32(2)23-42(51(85)71-41(13-9-21-67-60(63)64)58(92)80-22-10-14-48(80)57(91)78-79-61(65)94)72-56(90)47(30-96-62(4,5)6)77-52(86)43(24-34-15-17-37(82)18-16-34)73-55(89)46(29-95-59(93)33(3)81)76-53(87)44(25-35-27-68-39-12-8-7-11-38(35)39)74-54(88)45(26-36-28-66-31-69-36)75-50(84)40-19-20-49(83)70-40;1-2(3)4/h7-8,11-12,15-18,27-28,31-33,40-48,68,81-82H,9-10,13-14,19-26,29-30H2,1-6H3,(H,66,69)(H,70,83)(H,71,85)(H,72,90)(H,73,89)(H,74,88)(H,75,84)(H,76,87)(H,77,86)(H,78,91)(H4,63,64,67)(H3,65,79,94);1H3,(H,3,4)/t33?,40-,41-,42-,43-,44-,45-,46-,47-,48-;/m0./s1. The van der Waals surface area contributed by atoms with Crippen LogP contribution in [0.4, 0.5) is 4.79 Å². The number of nitrogens with zero attached hydrogens (tertiary/aromatic N) is 3. The Bertz CT molecular complexity index is 3530. The van der Waals surface area contributed by atoms with Crippen LogP contribution >= 0.6 is 0 Å². The Morgan fingerprint density at radius 1 is 0.710 bits per heavy atom. The molecule has 1 unspecified atom stereocenters. The summed E-state index contributed by atoms with van der Waals surface area (Å²) in [5.41, 5.74) is 21.4. The van der Waals surface area contributed by atoms with Crippen molar-refractivity contribution in [1.29, 1.82) is 0 Å². The highest BCUT2D eigenvalue weighted by Gasteiger charge is 2.41. The molecule has 2 aliphatic rings. The molecule has 36 nitrogen and oxygen atoms in total. The predicted octanol–water partition coefficient (Wildman–Crippen LogP) is -3.08. The Morgan fingerprint density at radius 2 is 1.28 bits per heavy atom. The number of carboxylic acids is 1. The number of aromatic hydroxyl groups is 1. The summed E-state index contributed by atoms with van der Waals surface area (Å²) in [6.45, 7) is 9.36. The molecule has 2 aromatic carbocycles. The lowest BCUT2D eigenvalue weighted by atomic mass is 10.0. The Hall–Kier alpha value is -10.9. The second kappa shape index (κ2) is 38.3. The number of phenols is 1. The van der Waals surface area contributed by atoms with Gasteiger partial charge in [-0.15, -0.1) is 0 Å². The number of primary amides is 1. The summed E-state index contributed by atoms with van der Waals surface area (Å²) in [5.74, 6) is -11.1. The number of guanidine groups is 1. The number of aromatic nitrogens is 3. The number of hydrogen-bond acceptors (Lipinski definition) is 19. The molecule has 2 fully saturated rings. The first-order chi connectivity index (χ1) is 47.2. The summed E-state index contributed by atoms with van der Waals surface area (Å²) in [6.07, 6.45) is 2.78. The number of aliphatic hydroxyl groups is 1. The number of aliphatic hydroxyl groups excluding tert-OH is 1. The highest BCUT2D eigenvalue weighted by atomic mass is 16.5. The van der Waals surface area contributed by atoms with Gasteiger partial charge in [-0.25, -0.2) is 20.0 Å². The van der Waals surface area contributed by atoms with E-state index >= 15 is 0 Å². The smallest absolute Gasteiger partial charge is 0.334 e. The highest BCUT2D eigenvalue weighted by molar-refractivity contribution is 6.00. The third kappa shape index (κ3) is 26.5. The molecule has 0 radical (unpaired) electrons. The molecular formula is C64H92N18O18. The highest BCUT2D eigenvalue weighted by Crippen LogP contribution is 2.23. The van der Waals surface area contributed by atoms with E-state index in [0.717, 1.165) is 13.8 Å². The first kappa shape index (κ1) is 79.8. The fourth-order valence-corrected chi connectivity index (χ4v) is 10.5. The van der Waals surface area contributed by atoms with Crippen molar-refractivity contribution in [3.05, 3.63) is 84.1 Å². The number of rotatable bonds is 33. The number of carbonyl (C=O) groups is 13. The monoisotopic (exact) mass is 1400 g/mol. The van der Waals surface area contributed by atoms with Gasteiger partial charge in [0.15, 0.2) is 5.96 Å². The van der Waals surface area contributed by atoms with Crippen LogP contribution in [0.1, 0.15) is 110 Å². The maximum atomic E-state index is 15.0. The second-order valence-electron chi connectivity index (χ2n) is 25.3. The molecule has 4 aromatic rings. The van der Waals surface area contributed by atoms with Crippen LogP contribution in [0.2, 0.25) is 0 Å². The fraction of sp³-hybridized carbons (Fsp3) is 0.516. The Kier molecular flexibility index (Phi) is 30.5. The topological polar surface area (TPSA) is 559 Å². The van der Waals surface area contributed by atoms with Gasteiger partial charge in [-0.1, -0.05) is 44.2 Å². The van der Waals surface area contributed by atoms with Crippen LogP contribution < -0.4 is 70.6 Å². The summed E-state index contributed by atoms with van der Waals surface area (Å²) in [5, 5.41) is 49.6. The van der Waals surface area contributed by atoms with Crippen molar-refractivity contribution < 1.29 is 87.1 Å². The van der Waals surface area contributed by atoms with Crippen molar-refractivity contribution in [3.8, 4) is 5.75 Å². The molecule has 0 saturated carbocycles. The normalized spacial score (nSPS) is 16.5. The number of aliphatic carboxylic acids is 1. The number of benzene rings is 2. The van der Waals surface area contributed by atoms with E-state index in [9.17, 15) is 67.7 Å². The lowest BCUT2D eigenvalue weighted by molar-refractivity contribution is -0.154. The van der Waals surface area contributed by atoms with Crippen molar-refractivity contribution >= 4 is 93.9 Å². The Morgan fingerprint density at radius 3 is 1.85 bits per heavy atom. The molecule has 2 aromatic heterocycles. The summed E-state index contributed by atoms with van der Waals surface area (Å²) < 4.78 is 11.4. The fourth-order valence-electron chi connectivity index (χ4n) is 10.5. The predicted molar refractivity (Wildman–Crippen MR) is 357 cm³/mol. The third-order valence-electron chi connectivity index (χ3n) is 15.4. The minimum atomic E-state index is -1.92. The lowest BCUT2D eigenvalue weighted by Gasteiger charge is -2.31. The van der Waals surface area contributed by atoms with Crippen LogP contribution in [0, 0.1) is 5.92 Å². The molecule has 2 aliphatic heterocycles. The number of nitrogens with two attached hydrogens (primary N) is 3. The Balaban J connectivity index is 0.00000438. The van der Waals surface area contributed by atoms with E-state index in [1.54, 1.807) is 65.1 Å². The number of aliphatic imine (C=N–C) groups is 1. The number of likely N-dealkylation sites (tertiary alicyclic amines) is 1. The van der Waals surface area contributed by atoms with Crippen molar-refractivity contribution in [2.45, 2.75) is 179 Å². The number of carbonyl (C=O) groups excluding carboxylic acids is 12. The first-order valence-electron chi connectivity index (χ1n) is 32.3. The average Bonchev–Trinajstić information content (AvgIpc) is 1.60. The molecule has 2 saturated heterocycles. The summed E-state index contributed by atoms with van der Waals surface area (Å²) in [6, 6.07) is -1.46. The van der Waals surface area contributed by atoms with Crippen LogP contribution in [-0.4, -0.2) is 211 Å². The molecule has 4 heterocycles. The zero-order valence-corrected chi connectivity index (χ0v) is 56.6. The van der Waals surface area contributed by atoms with Crippen LogP contribution in [0.25, 0.3) is 10.9 Å². The van der Waals surface area contributed by atoms with Gasteiger partial charge >= 0.3 is 12.0 Å². The molecule has 546 valence electrons. The number of esters is 1. The summed E-state index contributed by atoms with van der Waals surface area (Å²) in [4.78, 5) is 190. The van der Waals surface area contributed by atoms with Gasteiger partial charge in [-0.05, 0) is 101 Å². The molecular weight excluding hydrogens is 1310 g/mol. The van der Waals surface area contributed by atoms with Crippen LogP contribution in [0.5, 0.6) is 5.75 Å². The number of carboxylic acid groups (broad SMARTS) is 1. The van der Waals surface area contributed by atoms with Gasteiger partial charge < -0.3 is 99.4 Å². The minimum Gasteiger partial charge on any atom is -0.508 e. The number of fused-ring (bicyclic) bond motifs is 1. The average molecular weight is 1400 g/mol. The molecule has 0 bridgehead atoms. The lowest BCUT2D eigenvalue weighted by Crippen LogP contribution is -2.62. The number of hydrogen-bond donors (Lipinski definition) is 18. The maximum absolute atomic E-state index is 15.0. The van der Waals surface area contributed by atoms with Crippen LogP contribution in [0.3, 0.4) is 0 Å². The molecule has 6 rings (SSSR count). The second-order valence-corrected chi connectivity index (χ2v) is 25.3. The molecule has 0 aliphatic carbocycles. The molecule has 0 spiro atoms. The van der Waals surface area contributed by atoms with E-state index in [1.807, 2.05) is 5.43 Å². The van der Waals surface area contributed by atoms with Crippen LogP contribution in [0.15, 0.2) is 72.2 Å². The van der Waals surface area contributed by atoms with Gasteiger partial charge in [0, 0.05) is 74.7 Å². The SMILES string of the molecule is CC(=O)O.CC(C)C[C@H](NC(=O)[C@H](COC(C)(C)C)NC(=O)[C@H](Cc1ccc(O)cc1)NC(=O)[C@H](COC(=O)C(C)O)NC(=O)[C@H](Cc1c[nH]c2ccccc12)NC(=O)[C@H](Cc1cnc[nH]1)NC(=O)[C@@H]1CCC(=O)N1)C(=O)N[C@@H](CCCN=C(N)N)C(=O)N1CCC[C@H]1C(=O)NNC(N)=O.